The lowest BCUT2D eigenvalue weighted by Crippen LogP contribution is -2.30. The zero-order valence-electron chi connectivity index (χ0n) is 17.2. The summed E-state index contributed by atoms with van der Waals surface area (Å²) in [6.07, 6.45) is 0. The molecule has 1 saturated heterocycles. The fourth-order valence-electron chi connectivity index (χ4n) is 3.63. The van der Waals surface area contributed by atoms with Crippen LogP contribution in [0.2, 0.25) is 0 Å². The SMILES string of the molecule is COc1ccc(OC)c([C@H]2/C(=C(\O)c3ccccc3)C(=O)C(=O)N2c2cc(C)on2)c1. The van der Waals surface area contributed by atoms with Gasteiger partial charge in [0, 0.05) is 17.2 Å². The number of carbonyl (C=O) groups is 2. The first kappa shape index (κ1) is 20.2. The number of rotatable bonds is 5. The number of nitrogens with zero attached hydrogens (tertiary/aromatic N) is 2. The fraction of sp³-hybridized carbons (Fsp3) is 0.174. The molecule has 1 fully saturated rings. The molecule has 8 nitrogen and oxygen atoms in total. The van der Waals surface area contributed by atoms with Crippen molar-refractivity contribution >= 4 is 23.3 Å². The zero-order valence-corrected chi connectivity index (χ0v) is 17.2. The van der Waals surface area contributed by atoms with Gasteiger partial charge in [-0.15, -0.1) is 0 Å². The van der Waals surface area contributed by atoms with Crippen molar-refractivity contribution in [1.82, 2.24) is 5.16 Å². The monoisotopic (exact) mass is 420 g/mol. The number of carbonyl (C=O) groups excluding carboxylic acids is 2. The van der Waals surface area contributed by atoms with Crippen molar-refractivity contribution in [3.63, 3.8) is 0 Å². The second-order valence-corrected chi connectivity index (χ2v) is 6.94. The Morgan fingerprint density at radius 1 is 1.06 bits per heavy atom. The molecule has 0 aliphatic carbocycles. The van der Waals surface area contributed by atoms with Crippen LogP contribution >= 0.6 is 0 Å². The number of aliphatic hydroxyl groups is 1. The first-order valence-electron chi connectivity index (χ1n) is 9.48. The average molecular weight is 420 g/mol. The number of anilines is 1. The third-order valence-corrected chi connectivity index (χ3v) is 5.09. The Hall–Kier alpha value is -4.07. The van der Waals surface area contributed by atoms with E-state index in [-0.39, 0.29) is 17.2 Å². The van der Waals surface area contributed by atoms with Gasteiger partial charge >= 0.3 is 5.91 Å². The number of Topliss-reactive ketones (excluding diaryl/α,β-unsaturated/α-hetero) is 1. The molecule has 0 unspecified atom stereocenters. The van der Waals surface area contributed by atoms with Crippen molar-refractivity contribution in [2.24, 2.45) is 0 Å². The van der Waals surface area contributed by atoms with Crippen molar-refractivity contribution in [2.45, 2.75) is 13.0 Å². The molecule has 1 aromatic heterocycles. The summed E-state index contributed by atoms with van der Waals surface area (Å²) in [5, 5.41) is 15.0. The highest BCUT2D eigenvalue weighted by Gasteiger charge is 2.49. The molecule has 2 heterocycles. The maximum absolute atomic E-state index is 13.1. The van der Waals surface area contributed by atoms with Gasteiger partial charge in [0.25, 0.3) is 5.78 Å². The number of ether oxygens (including phenoxy) is 2. The van der Waals surface area contributed by atoms with E-state index < -0.39 is 17.7 Å². The molecule has 31 heavy (non-hydrogen) atoms. The smallest absolute Gasteiger partial charge is 0.301 e. The van der Waals surface area contributed by atoms with Gasteiger partial charge < -0.3 is 19.1 Å². The van der Waals surface area contributed by atoms with Crippen LogP contribution in [0.25, 0.3) is 5.76 Å². The number of hydrogen-bond donors (Lipinski definition) is 1. The third kappa shape index (κ3) is 3.42. The highest BCUT2D eigenvalue weighted by molar-refractivity contribution is 6.51. The standard InChI is InChI=1S/C23H20N2O6/c1-13-11-18(24-31-13)25-20(16-12-15(29-2)9-10-17(16)30-3)19(22(27)23(25)28)21(26)14-7-5-4-6-8-14/h4-12,20,26H,1-3H3/b21-19+/t20-/m0/s1. The first-order valence-corrected chi connectivity index (χ1v) is 9.48. The maximum atomic E-state index is 13.1. The number of aryl methyl sites for hydroxylation is 1. The van der Waals surface area contributed by atoms with Gasteiger partial charge in [-0.25, -0.2) is 0 Å². The van der Waals surface area contributed by atoms with Crippen LogP contribution in [0.1, 0.15) is 22.9 Å². The van der Waals surface area contributed by atoms with Crippen LogP contribution in [-0.4, -0.2) is 36.2 Å². The molecule has 158 valence electrons. The van der Waals surface area contributed by atoms with E-state index in [4.69, 9.17) is 14.0 Å². The molecule has 0 bridgehead atoms. The quantitative estimate of drug-likeness (QED) is 0.382. The van der Waals surface area contributed by atoms with Crippen molar-refractivity contribution in [1.29, 1.82) is 0 Å². The Bertz CT molecular complexity index is 1180. The minimum absolute atomic E-state index is 0.0802. The topological polar surface area (TPSA) is 102 Å². The van der Waals surface area contributed by atoms with Gasteiger partial charge in [-0.05, 0) is 25.1 Å². The second-order valence-electron chi connectivity index (χ2n) is 6.94. The van der Waals surface area contributed by atoms with Gasteiger partial charge in [0.1, 0.15) is 29.1 Å². The summed E-state index contributed by atoms with van der Waals surface area (Å²) in [6, 6.07) is 14.1. The lowest BCUT2D eigenvalue weighted by atomic mass is 9.94. The van der Waals surface area contributed by atoms with Crippen LogP contribution in [0.3, 0.4) is 0 Å². The van der Waals surface area contributed by atoms with E-state index in [0.29, 0.717) is 28.4 Å². The molecule has 8 heteroatoms. The van der Waals surface area contributed by atoms with E-state index in [9.17, 15) is 14.7 Å². The molecule has 2 aromatic carbocycles. The zero-order chi connectivity index (χ0) is 22.1. The number of hydrogen-bond acceptors (Lipinski definition) is 7. The molecular formula is C23H20N2O6. The minimum Gasteiger partial charge on any atom is -0.507 e. The molecule has 1 aliphatic heterocycles. The molecule has 1 amide bonds. The van der Waals surface area contributed by atoms with E-state index in [1.54, 1.807) is 61.5 Å². The van der Waals surface area contributed by atoms with Gasteiger partial charge in [0.05, 0.1) is 19.8 Å². The Labute approximate surface area is 178 Å². The summed E-state index contributed by atoms with van der Waals surface area (Å²) in [7, 11) is 2.99. The third-order valence-electron chi connectivity index (χ3n) is 5.09. The van der Waals surface area contributed by atoms with Crippen LogP contribution in [0.4, 0.5) is 5.82 Å². The maximum Gasteiger partial charge on any atom is 0.301 e. The lowest BCUT2D eigenvalue weighted by Gasteiger charge is -2.24. The van der Waals surface area contributed by atoms with Crippen LogP contribution in [0.15, 0.2) is 64.7 Å². The average Bonchev–Trinajstić information content (AvgIpc) is 3.34. The van der Waals surface area contributed by atoms with Crippen LogP contribution in [0, 0.1) is 6.92 Å². The van der Waals surface area contributed by atoms with Gasteiger partial charge in [0.15, 0.2) is 5.82 Å². The van der Waals surface area contributed by atoms with Crippen molar-refractivity contribution in [3.8, 4) is 11.5 Å². The molecule has 1 aliphatic rings. The Morgan fingerprint density at radius 3 is 2.42 bits per heavy atom. The number of aliphatic hydroxyl groups excluding tert-OH is 1. The molecule has 1 atom stereocenters. The highest BCUT2D eigenvalue weighted by atomic mass is 16.5. The van der Waals surface area contributed by atoms with Gasteiger partial charge in [-0.2, -0.15) is 0 Å². The lowest BCUT2D eigenvalue weighted by molar-refractivity contribution is -0.132. The number of benzene rings is 2. The summed E-state index contributed by atoms with van der Waals surface area (Å²) in [6.45, 7) is 1.68. The van der Waals surface area contributed by atoms with E-state index in [0.717, 1.165) is 0 Å². The van der Waals surface area contributed by atoms with Gasteiger partial charge in [-0.1, -0.05) is 35.5 Å². The van der Waals surface area contributed by atoms with Crippen LogP contribution in [-0.2, 0) is 9.59 Å². The first-order chi connectivity index (χ1) is 15.0. The van der Waals surface area contributed by atoms with E-state index in [1.165, 1.54) is 19.1 Å². The van der Waals surface area contributed by atoms with E-state index in [2.05, 4.69) is 5.16 Å². The Kier molecular flexibility index (Phi) is 5.21. The second kappa shape index (κ2) is 7.98. The molecule has 1 N–H and O–H groups in total. The van der Waals surface area contributed by atoms with Gasteiger partial charge in [-0.3, -0.25) is 14.5 Å². The van der Waals surface area contributed by atoms with Crippen LogP contribution < -0.4 is 14.4 Å². The molecule has 0 spiro atoms. The highest BCUT2D eigenvalue weighted by Crippen LogP contribution is 2.45. The summed E-state index contributed by atoms with van der Waals surface area (Å²) >= 11 is 0. The number of amides is 1. The Balaban J connectivity index is 2.01. The van der Waals surface area contributed by atoms with Crippen molar-refractivity contribution < 1.29 is 28.7 Å². The predicted octanol–water partition coefficient (Wildman–Crippen LogP) is 3.63. The van der Waals surface area contributed by atoms with E-state index >= 15 is 0 Å². The van der Waals surface area contributed by atoms with Gasteiger partial charge in [0.2, 0.25) is 0 Å². The normalized spacial score (nSPS) is 17.8. The molecule has 4 rings (SSSR count). The number of methoxy groups -OCH3 is 2. The minimum atomic E-state index is -1.00. The molecule has 0 saturated carbocycles. The van der Waals surface area contributed by atoms with Crippen molar-refractivity contribution in [3.05, 3.63) is 77.1 Å². The molecule has 0 radical (unpaired) electrons. The summed E-state index contributed by atoms with van der Waals surface area (Å²) in [5.41, 5.74) is 0.784. The summed E-state index contributed by atoms with van der Waals surface area (Å²) in [4.78, 5) is 27.4. The molecule has 3 aromatic rings. The number of ketones is 1. The van der Waals surface area contributed by atoms with Crippen molar-refractivity contribution in [2.75, 3.05) is 19.1 Å². The Morgan fingerprint density at radius 2 is 1.81 bits per heavy atom. The fourth-order valence-corrected chi connectivity index (χ4v) is 3.63. The molecular weight excluding hydrogens is 400 g/mol. The summed E-state index contributed by atoms with van der Waals surface area (Å²) < 4.78 is 16.0. The predicted molar refractivity (Wildman–Crippen MR) is 112 cm³/mol. The number of aromatic nitrogens is 1. The largest absolute Gasteiger partial charge is 0.507 e. The summed E-state index contributed by atoms with van der Waals surface area (Å²) in [5.74, 6) is -0.429. The van der Waals surface area contributed by atoms with E-state index in [1.807, 2.05) is 0 Å². The van der Waals surface area contributed by atoms with Crippen LogP contribution in [0.5, 0.6) is 11.5 Å².